The Hall–Kier alpha value is -3.19. The van der Waals surface area contributed by atoms with Crippen LogP contribution in [-0.2, 0) is 0 Å². The van der Waals surface area contributed by atoms with Gasteiger partial charge in [0.15, 0.2) is 23.1 Å². The van der Waals surface area contributed by atoms with Gasteiger partial charge in [-0.25, -0.2) is 4.98 Å². The number of nitrogens with two attached hydrogens (primary N) is 1. The van der Waals surface area contributed by atoms with Crippen LogP contribution in [0.15, 0.2) is 35.7 Å². The highest BCUT2D eigenvalue weighted by atomic mass is 32.1. The lowest BCUT2D eigenvalue weighted by Gasteiger charge is -2.11. The molecule has 1 heterocycles. The fourth-order valence-electron chi connectivity index (χ4n) is 3.01. The molecule has 0 fully saturated rings. The van der Waals surface area contributed by atoms with Gasteiger partial charge in [0.05, 0.1) is 31.2 Å². The molecule has 0 amide bonds. The number of ether oxygens (including phenoxy) is 2. The minimum absolute atomic E-state index is 0.201. The number of nitrogens with zero attached hydrogens (tertiary/aromatic N) is 1. The van der Waals surface area contributed by atoms with Crippen molar-refractivity contribution in [2.24, 2.45) is 0 Å². The number of hydrogen-bond acceptors (Lipinski definition) is 7. The van der Waals surface area contributed by atoms with Crippen molar-refractivity contribution < 1.29 is 19.1 Å². The topological polar surface area (TPSA) is 91.5 Å². The van der Waals surface area contributed by atoms with E-state index in [0.717, 1.165) is 10.6 Å². The first kappa shape index (κ1) is 19.6. The zero-order valence-corrected chi connectivity index (χ0v) is 16.8. The highest BCUT2D eigenvalue weighted by Gasteiger charge is 2.20. The lowest BCUT2D eigenvalue weighted by atomic mass is 9.95. The highest BCUT2D eigenvalue weighted by molar-refractivity contribution is 7.13. The average molecular weight is 396 g/mol. The van der Waals surface area contributed by atoms with Gasteiger partial charge < -0.3 is 15.2 Å². The van der Waals surface area contributed by atoms with Gasteiger partial charge in [-0.2, -0.15) is 0 Å². The molecule has 0 bridgehead atoms. The third-order valence-corrected chi connectivity index (χ3v) is 5.28. The lowest BCUT2D eigenvalue weighted by Crippen LogP contribution is -2.09. The van der Waals surface area contributed by atoms with Crippen molar-refractivity contribution in [2.75, 3.05) is 20.0 Å². The van der Waals surface area contributed by atoms with E-state index < -0.39 is 0 Å². The van der Waals surface area contributed by atoms with Crippen LogP contribution in [0.5, 0.6) is 11.5 Å². The summed E-state index contributed by atoms with van der Waals surface area (Å²) >= 11 is 1.45. The average Bonchev–Trinajstić information content (AvgIpc) is 3.16. The zero-order valence-electron chi connectivity index (χ0n) is 16.0. The molecule has 144 valence electrons. The van der Waals surface area contributed by atoms with Gasteiger partial charge in [0.2, 0.25) is 0 Å². The van der Waals surface area contributed by atoms with E-state index in [9.17, 15) is 9.59 Å². The van der Waals surface area contributed by atoms with Crippen LogP contribution in [0.3, 0.4) is 0 Å². The molecule has 0 unspecified atom stereocenters. The van der Waals surface area contributed by atoms with E-state index in [2.05, 4.69) is 4.98 Å². The van der Waals surface area contributed by atoms with Gasteiger partial charge in [-0.05, 0) is 44.2 Å². The van der Waals surface area contributed by atoms with Gasteiger partial charge in [-0.3, -0.25) is 9.59 Å². The molecular formula is C21H20N2O4S. The lowest BCUT2D eigenvalue weighted by molar-refractivity contribution is 0.0981. The number of carbonyl (C=O) groups is 2. The van der Waals surface area contributed by atoms with Gasteiger partial charge in [0.25, 0.3) is 0 Å². The predicted molar refractivity (Wildman–Crippen MR) is 111 cm³/mol. The molecule has 0 aliphatic carbocycles. The number of carbonyl (C=O) groups excluding carboxylic acids is 2. The van der Waals surface area contributed by atoms with Gasteiger partial charge in [-0.1, -0.05) is 0 Å². The van der Waals surface area contributed by atoms with E-state index in [1.807, 2.05) is 23.6 Å². The molecule has 0 saturated carbocycles. The summed E-state index contributed by atoms with van der Waals surface area (Å²) in [5.74, 6) is 0.798. The van der Waals surface area contributed by atoms with E-state index in [1.165, 1.54) is 25.2 Å². The summed E-state index contributed by atoms with van der Waals surface area (Å²) < 4.78 is 10.6. The zero-order chi connectivity index (χ0) is 20.4. The minimum atomic E-state index is -0.250. The summed E-state index contributed by atoms with van der Waals surface area (Å²) in [4.78, 5) is 28.5. The fraction of sp³-hybridized carbons (Fsp3) is 0.190. The maximum absolute atomic E-state index is 12.1. The summed E-state index contributed by atoms with van der Waals surface area (Å²) in [5.41, 5.74) is 9.22. The Morgan fingerprint density at radius 1 is 1.00 bits per heavy atom. The quantitative estimate of drug-likeness (QED) is 0.488. The smallest absolute Gasteiger partial charge is 0.162 e. The van der Waals surface area contributed by atoms with Crippen molar-refractivity contribution in [3.8, 4) is 33.3 Å². The van der Waals surface area contributed by atoms with Crippen molar-refractivity contribution in [3.05, 3.63) is 46.8 Å². The van der Waals surface area contributed by atoms with Crippen molar-refractivity contribution in [1.29, 1.82) is 0 Å². The first-order valence-corrected chi connectivity index (χ1v) is 9.38. The Kier molecular flexibility index (Phi) is 5.46. The summed E-state index contributed by atoms with van der Waals surface area (Å²) in [7, 11) is 3.16. The van der Waals surface area contributed by atoms with Crippen molar-refractivity contribution in [1.82, 2.24) is 4.98 Å². The Bertz CT molecular complexity index is 1070. The molecule has 0 aliphatic rings. The van der Waals surface area contributed by atoms with Crippen molar-refractivity contribution in [3.63, 3.8) is 0 Å². The third-order valence-electron chi connectivity index (χ3n) is 4.39. The number of nitrogen functional groups attached to an aromatic ring is 1. The summed E-state index contributed by atoms with van der Waals surface area (Å²) in [6, 6.07) is 8.92. The Morgan fingerprint density at radius 2 is 1.71 bits per heavy atom. The van der Waals surface area contributed by atoms with Crippen LogP contribution < -0.4 is 15.2 Å². The molecule has 1 aromatic heterocycles. The Labute approximate surface area is 166 Å². The molecule has 0 saturated heterocycles. The van der Waals surface area contributed by atoms with Gasteiger partial charge >= 0.3 is 0 Å². The number of aromatic nitrogens is 1. The van der Waals surface area contributed by atoms with Crippen molar-refractivity contribution >= 4 is 28.6 Å². The molecule has 6 nitrogen and oxygen atoms in total. The van der Waals surface area contributed by atoms with Gasteiger partial charge in [0.1, 0.15) is 5.01 Å². The van der Waals surface area contributed by atoms with Crippen molar-refractivity contribution in [2.45, 2.75) is 13.8 Å². The first-order valence-electron chi connectivity index (χ1n) is 8.50. The molecule has 0 radical (unpaired) electrons. The number of thiazole rings is 1. The third kappa shape index (κ3) is 3.48. The summed E-state index contributed by atoms with van der Waals surface area (Å²) in [6.07, 6.45) is 0. The van der Waals surface area contributed by atoms with Crippen LogP contribution >= 0.6 is 11.3 Å². The maximum Gasteiger partial charge on any atom is 0.162 e. The van der Waals surface area contributed by atoms with E-state index in [-0.39, 0.29) is 22.8 Å². The number of methoxy groups -OCH3 is 2. The van der Waals surface area contributed by atoms with Gasteiger partial charge in [-0.15, -0.1) is 11.3 Å². The second-order valence-electron chi connectivity index (χ2n) is 6.17. The second-order valence-corrected chi connectivity index (χ2v) is 7.03. The predicted octanol–water partition coefficient (Wildman–Crippen LogP) is 4.48. The molecular weight excluding hydrogens is 376 g/mol. The monoisotopic (exact) mass is 396 g/mol. The number of rotatable bonds is 6. The number of Topliss-reactive ketones (excluding diaryl/α,β-unsaturated/α-hetero) is 2. The molecule has 28 heavy (non-hydrogen) atoms. The summed E-state index contributed by atoms with van der Waals surface area (Å²) in [5, 5.41) is 2.64. The molecule has 0 aliphatic heterocycles. The van der Waals surface area contributed by atoms with E-state index in [1.54, 1.807) is 26.4 Å². The van der Waals surface area contributed by atoms with Crippen LogP contribution in [0.1, 0.15) is 34.6 Å². The molecule has 3 rings (SSSR count). The maximum atomic E-state index is 12.1. The number of hydrogen-bond donors (Lipinski definition) is 1. The largest absolute Gasteiger partial charge is 0.493 e. The first-order chi connectivity index (χ1) is 13.4. The van der Waals surface area contributed by atoms with Crippen LogP contribution in [0.4, 0.5) is 5.69 Å². The Balaban J connectivity index is 2.07. The Morgan fingerprint density at radius 3 is 2.32 bits per heavy atom. The normalized spacial score (nSPS) is 10.6. The van der Waals surface area contributed by atoms with Crippen LogP contribution in [0.2, 0.25) is 0 Å². The minimum Gasteiger partial charge on any atom is -0.493 e. The molecule has 7 heteroatoms. The number of benzene rings is 2. The molecule has 3 aromatic rings. The van der Waals surface area contributed by atoms with Gasteiger partial charge in [0, 0.05) is 22.1 Å². The molecule has 2 N–H and O–H groups in total. The van der Waals surface area contributed by atoms with Crippen LogP contribution in [0, 0.1) is 0 Å². The van der Waals surface area contributed by atoms with Crippen LogP contribution in [0.25, 0.3) is 21.8 Å². The number of ketones is 2. The van der Waals surface area contributed by atoms with E-state index in [0.29, 0.717) is 28.3 Å². The van der Waals surface area contributed by atoms with Crippen LogP contribution in [-0.4, -0.2) is 30.8 Å². The number of anilines is 1. The summed E-state index contributed by atoms with van der Waals surface area (Å²) in [6.45, 7) is 2.82. The fourth-order valence-corrected chi connectivity index (χ4v) is 3.83. The SMILES string of the molecule is COc1ccc(-c2nc(-c3ccc(C(C)=O)c(C(C)=O)c3N)cs2)cc1OC. The molecule has 2 aromatic carbocycles. The molecule has 0 spiro atoms. The molecule has 0 atom stereocenters. The van der Waals surface area contributed by atoms with E-state index in [4.69, 9.17) is 15.2 Å². The standard InChI is InChI=1S/C21H20N2O4S/c1-11(24)14-6-7-15(20(22)19(14)12(2)25)16-10-28-21(23-16)13-5-8-17(26-3)18(9-13)27-4/h5-10H,22H2,1-4H3. The van der Waals surface area contributed by atoms with E-state index >= 15 is 0 Å². The second kappa shape index (κ2) is 7.82. The highest BCUT2D eigenvalue weighted by Crippen LogP contribution is 2.37.